The normalized spacial score (nSPS) is 11.1. The SMILES string of the molecule is C=CCN(C(=O)NCC(=O)OC(C)(C)C)c1ccc(C=NO)cc1. The highest BCUT2D eigenvalue weighted by atomic mass is 16.6. The van der Waals surface area contributed by atoms with E-state index in [0.29, 0.717) is 11.3 Å². The average molecular weight is 333 g/mol. The quantitative estimate of drug-likeness (QED) is 0.275. The summed E-state index contributed by atoms with van der Waals surface area (Å²) in [5, 5.41) is 14.0. The molecule has 1 aromatic carbocycles. The molecule has 0 atom stereocenters. The number of anilines is 1. The molecule has 0 unspecified atom stereocenters. The second kappa shape index (κ2) is 8.71. The summed E-state index contributed by atoms with van der Waals surface area (Å²) in [6.45, 7) is 8.95. The minimum atomic E-state index is -0.604. The number of ether oxygens (including phenoxy) is 1. The second-order valence-corrected chi connectivity index (χ2v) is 5.98. The van der Waals surface area contributed by atoms with E-state index in [2.05, 4.69) is 17.1 Å². The lowest BCUT2D eigenvalue weighted by Crippen LogP contribution is -2.43. The first kappa shape index (κ1) is 19.2. The summed E-state index contributed by atoms with van der Waals surface area (Å²) in [5.74, 6) is -0.510. The molecule has 0 aromatic heterocycles. The van der Waals surface area contributed by atoms with Gasteiger partial charge < -0.3 is 15.3 Å². The van der Waals surface area contributed by atoms with Gasteiger partial charge >= 0.3 is 12.0 Å². The van der Waals surface area contributed by atoms with E-state index >= 15 is 0 Å². The van der Waals surface area contributed by atoms with Crippen LogP contribution in [0, 0.1) is 0 Å². The standard InChI is InChI=1S/C17H23N3O4/c1-5-10-20(14-8-6-13(7-9-14)11-19-23)16(22)18-12-15(21)24-17(2,3)4/h5-9,11,23H,1,10,12H2,2-4H3,(H,18,22). The van der Waals surface area contributed by atoms with Crippen molar-refractivity contribution >= 4 is 23.9 Å². The van der Waals surface area contributed by atoms with Crippen LogP contribution in [0.2, 0.25) is 0 Å². The number of hydrogen-bond acceptors (Lipinski definition) is 5. The first-order chi connectivity index (χ1) is 11.3. The van der Waals surface area contributed by atoms with Crippen molar-refractivity contribution in [2.45, 2.75) is 26.4 Å². The fourth-order valence-electron chi connectivity index (χ4n) is 1.86. The van der Waals surface area contributed by atoms with Gasteiger partial charge in [0.05, 0.1) is 6.21 Å². The molecule has 0 heterocycles. The lowest BCUT2D eigenvalue weighted by Gasteiger charge is -2.23. The maximum atomic E-state index is 12.3. The largest absolute Gasteiger partial charge is 0.459 e. The summed E-state index contributed by atoms with van der Waals surface area (Å²) in [6.07, 6.45) is 2.86. The van der Waals surface area contributed by atoms with Crippen LogP contribution in [-0.2, 0) is 9.53 Å². The van der Waals surface area contributed by atoms with Gasteiger partial charge in [-0.15, -0.1) is 6.58 Å². The minimum absolute atomic E-state index is 0.223. The second-order valence-electron chi connectivity index (χ2n) is 5.98. The predicted octanol–water partition coefficient (Wildman–Crippen LogP) is 2.54. The van der Waals surface area contributed by atoms with Gasteiger partial charge in [0.2, 0.25) is 0 Å². The van der Waals surface area contributed by atoms with Crippen molar-refractivity contribution < 1.29 is 19.5 Å². The van der Waals surface area contributed by atoms with Gasteiger partial charge in [-0.25, -0.2) is 4.79 Å². The fourth-order valence-corrected chi connectivity index (χ4v) is 1.86. The topological polar surface area (TPSA) is 91.2 Å². The van der Waals surface area contributed by atoms with E-state index in [9.17, 15) is 9.59 Å². The highest BCUT2D eigenvalue weighted by Crippen LogP contribution is 2.15. The summed E-state index contributed by atoms with van der Waals surface area (Å²) in [5.41, 5.74) is 0.702. The van der Waals surface area contributed by atoms with E-state index in [1.54, 1.807) is 51.1 Å². The number of carbonyl (C=O) groups excluding carboxylic acids is 2. The molecule has 24 heavy (non-hydrogen) atoms. The van der Waals surface area contributed by atoms with Gasteiger partial charge in [-0.2, -0.15) is 0 Å². The molecule has 0 spiro atoms. The lowest BCUT2D eigenvalue weighted by atomic mass is 10.2. The third kappa shape index (κ3) is 6.51. The molecule has 2 amide bonds. The van der Waals surface area contributed by atoms with E-state index in [-0.39, 0.29) is 13.1 Å². The van der Waals surface area contributed by atoms with Gasteiger partial charge in [-0.05, 0) is 38.5 Å². The van der Waals surface area contributed by atoms with Crippen molar-refractivity contribution in [1.82, 2.24) is 5.32 Å². The Morgan fingerprint density at radius 1 is 1.33 bits per heavy atom. The number of amides is 2. The maximum absolute atomic E-state index is 12.3. The zero-order valence-corrected chi connectivity index (χ0v) is 14.2. The Balaban J connectivity index is 2.74. The van der Waals surface area contributed by atoms with Crippen LogP contribution in [-0.4, -0.2) is 42.1 Å². The van der Waals surface area contributed by atoms with Crippen molar-refractivity contribution in [3.63, 3.8) is 0 Å². The Kier molecular flexibility index (Phi) is 6.98. The first-order valence-electron chi connectivity index (χ1n) is 7.42. The molecule has 0 fully saturated rings. The Labute approximate surface area is 141 Å². The molecule has 1 rings (SSSR count). The van der Waals surface area contributed by atoms with Crippen LogP contribution in [0.15, 0.2) is 42.1 Å². The number of carbonyl (C=O) groups is 2. The van der Waals surface area contributed by atoms with Crippen molar-refractivity contribution in [2.24, 2.45) is 5.16 Å². The number of rotatable bonds is 6. The Bertz CT molecular complexity index is 603. The molecule has 0 bridgehead atoms. The smallest absolute Gasteiger partial charge is 0.325 e. The molecule has 0 aliphatic heterocycles. The number of oxime groups is 1. The summed E-state index contributed by atoms with van der Waals surface area (Å²) < 4.78 is 5.15. The summed E-state index contributed by atoms with van der Waals surface area (Å²) in [6, 6.07) is 6.36. The van der Waals surface area contributed by atoms with E-state index in [1.807, 2.05) is 0 Å². The molecule has 0 radical (unpaired) electrons. The van der Waals surface area contributed by atoms with Gasteiger partial charge in [-0.3, -0.25) is 9.69 Å². The van der Waals surface area contributed by atoms with E-state index < -0.39 is 17.6 Å². The van der Waals surface area contributed by atoms with E-state index in [1.165, 1.54) is 11.1 Å². The van der Waals surface area contributed by atoms with Gasteiger partial charge in [0.15, 0.2) is 0 Å². The van der Waals surface area contributed by atoms with Crippen LogP contribution in [0.1, 0.15) is 26.3 Å². The summed E-state index contributed by atoms with van der Waals surface area (Å²) >= 11 is 0. The van der Waals surface area contributed by atoms with Crippen LogP contribution in [0.5, 0.6) is 0 Å². The fraction of sp³-hybridized carbons (Fsp3) is 0.353. The third-order valence-corrected chi connectivity index (χ3v) is 2.77. The molecule has 7 heteroatoms. The molecule has 0 aliphatic rings. The number of hydrogen-bond donors (Lipinski definition) is 2. The van der Waals surface area contributed by atoms with Crippen molar-refractivity contribution in [3.8, 4) is 0 Å². The van der Waals surface area contributed by atoms with E-state index in [4.69, 9.17) is 9.94 Å². The number of nitrogens with zero attached hydrogens (tertiary/aromatic N) is 2. The number of urea groups is 1. The zero-order chi connectivity index (χ0) is 18.2. The van der Waals surface area contributed by atoms with Crippen LogP contribution < -0.4 is 10.2 Å². The number of nitrogens with one attached hydrogen (secondary N) is 1. The van der Waals surface area contributed by atoms with E-state index in [0.717, 1.165) is 0 Å². The average Bonchev–Trinajstić information content (AvgIpc) is 2.50. The van der Waals surface area contributed by atoms with Gasteiger partial charge in [-0.1, -0.05) is 23.4 Å². The molecular formula is C17H23N3O4. The molecule has 0 aliphatic carbocycles. The maximum Gasteiger partial charge on any atom is 0.325 e. The number of benzene rings is 1. The monoisotopic (exact) mass is 333 g/mol. The highest BCUT2D eigenvalue weighted by Gasteiger charge is 2.19. The molecule has 7 nitrogen and oxygen atoms in total. The van der Waals surface area contributed by atoms with Gasteiger partial charge in [0.25, 0.3) is 0 Å². The molecule has 130 valence electrons. The Hall–Kier alpha value is -2.83. The van der Waals surface area contributed by atoms with Crippen LogP contribution in [0.3, 0.4) is 0 Å². The van der Waals surface area contributed by atoms with Crippen molar-refractivity contribution in [3.05, 3.63) is 42.5 Å². The molecule has 0 saturated heterocycles. The zero-order valence-electron chi connectivity index (χ0n) is 14.2. The molecule has 1 aromatic rings. The predicted molar refractivity (Wildman–Crippen MR) is 92.6 cm³/mol. The van der Waals surface area contributed by atoms with Gasteiger partial charge in [0.1, 0.15) is 12.1 Å². The van der Waals surface area contributed by atoms with Crippen LogP contribution in [0.4, 0.5) is 10.5 Å². The number of esters is 1. The van der Waals surface area contributed by atoms with Crippen LogP contribution in [0.25, 0.3) is 0 Å². The highest BCUT2D eigenvalue weighted by molar-refractivity contribution is 5.94. The molecular weight excluding hydrogens is 310 g/mol. The Morgan fingerprint density at radius 2 is 1.96 bits per heavy atom. The molecule has 0 saturated carbocycles. The van der Waals surface area contributed by atoms with Crippen LogP contribution >= 0.6 is 0 Å². The Morgan fingerprint density at radius 3 is 2.46 bits per heavy atom. The molecule has 2 N–H and O–H groups in total. The van der Waals surface area contributed by atoms with Gasteiger partial charge in [0, 0.05) is 12.2 Å². The minimum Gasteiger partial charge on any atom is -0.459 e. The van der Waals surface area contributed by atoms with Crippen molar-refractivity contribution in [1.29, 1.82) is 0 Å². The first-order valence-corrected chi connectivity index (χ1v) is 7.42. The summed E-state index contributed by atoms with van der Waals surface area (Å²) in [7, 11) is 0. The lowest BCUT2D eigenvalue weighted by molar-refractivity contribution is -0.153. The third-order valence-electron chi connectivity index (χ3n) is 2.77. The summed E-state index contributed by atoms with van der Waals surface area (Å²) in [4.78, 5) is 25.4. The van der Waals surface area contributed by atoms with Crippen molar-refractivity contribution in [2.75, 3.05) is 18.0 Å².